The van der Waals surface area contributed by atoms with Crippen LogP contribution in [-0.4, -0.2) is 31.1 Å². The third-order valence-corrected chi connectivity index (χ3v) is 5.56. The number of rotatable bonds is 4. The maximum atomic E-state index is 13.6. The Bertz CT molecular complexity index is 1370. The second kappa shape index (κ2) is 7.49. The maximum Gasteiger partial charge on any atom is 0.296 e. The molecule has 0 saturated carbocycles. The molecule has 1 aliphatic heterocycles. The highest BCUT2D eigenvalue weighted by Gasteiger charge is 2.46. The molecule has 7 nitrogen and oxygen atoms in total. The van der Waals surface area contributed by atoms with E-state index in [0.29, 0.717) is 28.4 Å². The number of furan rings is 1. The minimum absolute atomic E-state index is 0.0164. The fourth-order valence-electron chi connectivity index (χ4n) is 4.13. The molecule has 1 amide bonds. The van der Waals surface area contributed by atoms with Crippen LogP contribution < -0.4 is 0 Å². The molecule has 3 aromatic heterocycles. The van der Waals surface area contributed by atoms with Crippen LogP contribution in [0.1, 0.15) is 28.8 Å². The highest BCUT2D eigenvalue weighted by Crippen LogP contribution is 2.40. The number of pyridine rings is 1. The van der Waals surface area contributed by atoms with Crippen molar-refractivity contribution in [2.45, 2.75) is 19.5 Å². The largest absolute Gasteiger partial charge is 0.505 e. The molecule has 1 aromatic carbocycles. The Balaban J connectivity index is 1.72. The van der Waals surface area contributed by atoms with Crippen LogP contribution in [0.15, 0.2) is 77.0 Å². The van der Waals surface area contributed by atoms with Crippen LogP contribution in [0.5, 0.6) is 0 Å². The molecule has 0 bridgehead atoms. The molecule has 1 N–H and O–H groups in total. The van der Waals surface area contributed by atoms with E-state index in [0.717, 1.165) is 0 Å². The van der Waals surface area contributed by atoms with Crippen LogP contribution in [-0.2, 0) is 16.1 Å². The van der Waals surface area contributed by atoms with E-state index in [9.17, 15) is 19.1 Å². The third-order valence-electron chi connectivity index (χ3n) is 5.56. The van der Waals surface area contributed by atoms with Gasteiger partial charge in [0.25, 0.3) is 11.7 Å². The topological polar surface area (TPSA) is 88.0 Å². The number of fused-ring (bicyclic) bond motifs is 1. The first kappa shape index (κ1) is 19.7. The summed E-state index contributed by atoms with van der Waals surface area (Å²) in [7, 11) is 0. The number of amides is 1. The van der Waals surface area contributed by atoms with Gasteiger partial charge in [-0.1, -0.05) is 18.2 Å². The Labute approximate surface area is 182 Å². The first-order chi connectivity index (χ1) is 15.5. The number of aromatic nitrogens is 2. The highest BCUT2D eigenvalue weighted by atomic mass is 19.1. The van der Waals surface area contributed by atoms with Gasteiger partial charge in [-0.15, -0.1) is 0 Å². The molecular formula is C24H18FN3O4. The summed E-state index contributed by atoms with van der Waals surface area (Å²) >= 11 is 0. The van der Waals surface area contributed by atoms with Gasteiger partial charge in [-0.05, 0) is 48.9 Å². The van der Waals surface area contributed by atoms with Crippen molar-refractivity contribution in [1.82, 2.24) is 14.3 Å². The molecule has 8 heteroatoms. The van der Waals surface area contributed by atoms with Crippen LogP contribution in [0.4, 0.5) is 4.39 Å². The number of benzene rings is 1. The molecule has 0 radical (unpaired) electrons. The molecule has 1 atom stereocenters. The maximum absolute atomic E-state index is 13.6. The van der Waals surface area contributed by atoms with Gasteiger partial charge in [0.15, 0.2) is 5.76 Å². The quantitative estimate of drug-likeness (QED) is 0.300. The smallest absolute Gasteiger partial charge is 0.296 e. The molecule has 1 fully saturated rings. The number of aliphatic hydroxyl groups is 1. The van der Waals surface area contributed by atoms with Crippen molar-refractivity contribution in [2.75, 3.05) is 0 Å². The Morgan fingerprint density at radius 1 is 1.12 bits per heavy atom. The Hall–Kier alpha value is -4.20. The Morgan fingerprint density at radius 2 is 1.91 bits per heavy atom. The fourth-order valence-corrected chi connectivity index (χ4v) is 4.13. The molecule has 0 spiro atoms. The van der Waals surface area contributed by atoms with Crippen LogP contribution in [0.2, 0.25) is 0 Å². The molecule has 4 heterocycles. The number of carbonyl (C=O) groups excluding carboxylic acids is 2. The predicted molar refractivity (Wildman–Crippen MR) is 113 cm³/mol. The third kappa shape index (κ3) is 3.08. The zero-order valence-corrected chi connectivity index (χ0v) is 17.0. The second-order valence-corrected chi connectivity index (χ2v) is 7.53. The zero-order chi connectivity index (χ0) is 22.4. The van der Waals surface area contributed by atoms with Crippen molar-refractivity contribution < 1.29 is 23.5 Å². The van der Waals surface area contributed by atoms with Gasteiger partial charge in [0.1, 0.15) is 22.9 Å². The van der Waals surface area contributed by atoms with Gasteiger partial charge in [-0.3, -0.25) is 14.0 Å². The monoisotopic (exact) mass is 431 g/mol. The summed E-state index contributed by atoms with van der Waals surface area (Å²) in [5.41, 5.74) is 1.83. The minimum Gasteiger partial charge on any atom is -0.505 e. The lowest BCUT2D eigenvalue weighted by atomic mass is 9.96. The summed E-state index contributed by atoms with van der Waals surface area (Å²) in [6.07, 6.45) is 3.19. The molecule has 1 aliphatic rings. The van der Waals surface area contributed by atoms with Gasteiger partial charge >= 0.3 is 0 Å². The minimum atomic E-state index is -0.922. The van der Waals surface area contributed by atoms with Crippen molar-refractivity contribution in [3.8, 4) is 0 Å². The average molecular weight is 431 g/mol. The van der Waals surface area contributed by atoms with Crippen molar-refractivity contribution in [3.05, 3.63) is 101 Å². The number of aliphatic hydroxyl groups excluding tert-OH is 1. The normalized spacial score (nSPS) is 18.1. The number of aryl methyl sites for hydroxylation is 1. The predicted octanol–water partition coefficient (Wildman–Crippen LogP) is 4.00. The molecule has 32 heavy (non-hydrogen) atoms. The van der Waals surface area contributed by atoms with Gasteiger partial charge in [0, 0.05) is 6.20 Å². The van der Waals surface area contributed by atoms with Crippen LogP contribution in [0, 0.1) is 12.7 Å². The number of carbonyl (C=O) groups is 2. The van der Waals surface area contributed by atoms with E-state index in [4.69, 9.17) is 4.42 Å². The Kier molecular flexibility index (Phi) is 4.62. The number of hydrogen-bond acceptors (Lipinski definition) is 5. The molecule has 0 aliphatic carbocycles. The number of Topliss-reactive ketones (excluding diaryl/α,β-unsaturated/α-hetero) is 1. The van der Waals surface area contributed by atoms with E-state index in [1.807, 2.05) is 6.07 Å². The van der Waals surface area contributed by atoms with E-state index >= 15 is 0 Å². The number of nitrogens with zero attached hydrogens (tertiary/aromatic N) is 3. The molecule has 5 rings (SSSR count). The summed E-state index contributed by atoms with van der Waals surface area (Å²) in [4.78, 5) is 31.9. The van der Waals surface area contributed by atoms with Crippen molar-refractivity contribution in [1.29, 1.82) is 0 Å². The van der Waals surface area contributed by atoms with Gasteiger partial charge < -0.3 is 14.4 Å². The number of hydrogen-bond donors (Lipinski definition) is 1. The summed E-state index contributed by atoms with van der Waals surface area (Å²) in [5, 5.41) is 11.3. The molecule has 160 valence electrons. The van der Waals surface area contributed by atoms with Crippen molar-refractivity contribution in [3.63, 3.8) is 0 Å². The van der Waals surface area contributed by atoms with Crippen molar-refractivity contribution >= 4 is 23.1 Å². The SMILES string of the molecule is Cc1nc2ccccn2c1/C(O)=C1\C(=O)C(=O)N(Cc2ccco2)C1c1ccc(F)cc1. The van der Waals surface area contributed by atoms with E-state index < -0.39 is 23.5 Å². The van der Waals surface area contributed by atoms with Crippen LogP contribution in [0.3, 0.4) is 0 Å². The standard InChI is InChI=1S/C24H18FN3O4/c1-14-20(27-11-3-2-6-18(27)26-14)22(29)19-21(15-7-9-16(25)10-8-15)28(24(31)23(19)30)13-17-5-4-12-32-17/h2-12,21,29H,13H2,1H3/b22-19+. The first-order valence-electron chi connectivity index (χ1n) is 9.96. The lowest BCUT2D eigenvalue weighted by Crippen LogP contribution is -2.29. The average Bonchev–Trinajstić information content (AvgIpc) is 3.47. The summed E-state index contributed by atoms with van der Waals surface area (Å²) in [6.45, 7) is 1.73. The van der Waals surface area contributed by atoms with Gasteiger partial charge in [0.2, 0.25) is 0 Å². The van der Waals surface area contributed by atoms with Crippen LogP contribution in [0.25, 0.3) is 11.4 Å². The van der Waals surface area contributed by atoms with E-state index in [1.54, 1.807) is 41.8 Å². The van der Waals surface area contributed by atoms with Gasteiger partial charge in [-0.25, -0.2) is 9.37 Å². The number of ketones is 1. The fraction of sp³-hybridized carbons (Fsp3) is 0.125. The molecule has 1 saturated heterocycles. The number of likely N-dealkylation sites (tertiary alicyclic amines) is 1. The van der Waals surface area contributed by atoms with Gasteiger partial charge in [0.05, 0.1) is 30.1 Å². The number of imidazole rings is 1. The van der Waals surface area contributed by atoms with Crippen LogP contribution >= 0.6 is 0 Å². The van der Waals surface area contributed by atoms with E-state index in [1.165, 1.54) is 35.4 Å². The zero-order valence-electron chi connectivity index (χ0n) is 17.0. The second-order valence-electron chi connectivity index (χ2n) is 7.53. The lowest BCUT2D eigenvalue weighted by Gasteiger charge is -2.24. The van der Waals surface area contributed by atoms with E-state index in [2.05, 4.69) is 4.98 Å². The van der Waals surface area contributed by atoms with Gasteiger partial charge in [-0.2, -0.15) is 0 Å². The summed E-state index contributed by atoms with van der Waals surface area (Å²) in [5.74, 6) is -1.91. The Morgan fingerprint density at radius 3 is 2.62 bits per heavy atom. The summed E-state index contributed by atoms with van der Waals surface area (Å²) < 4.78 is 20.6. The molecule has 1 unspecified atom stereocenters. The molecular weight excluding hydrogens is 413 g/mol. The van der Waals surface area contributed by atoms with E-state index in [-0.39, 0.29) is 17.9 Å². The first-order valence-corrected chi connectivity index (χ1v) is 9.96. The molecule has 4 aromatic rings. The lowest BCUT2D eigenvalue weighted by molar-refractivity contribution is -0.140. The summed E-state index contributed by atoms with van der Waals surface area (Å²) in [6, 6.07) is 13.3. The van der Waals surface area contributed by atoms with Crippen molar-refractivity contribution in [2.24, 2.45) is 0 Å². The number of halogens is 1. The highest BCUT2D eigenvalue weighted by molar-refractivity contribution is 6.46.